The van der Waals surface area contributed by atoms with Crippen LogP contribution in [0.25, 0.3) is 0 Å². The van der Waals surface area contributed by atoms with Gasteiger partial charge in [-0.1, -0.05) is 12.1 Å². The Bertz CT molecular complexity index is 733. The quantitative estimate of drug-likeness (QED) is 0.209. The van der Waals surface area contributed by atoms with Gasteiger partial charge in [0.15, 0.2) is 5.96 Å². The van der Waals surface area contributed by atoms with Gasteiger partial charge in [-0.3, -0.25) is 4.79 Å². The molecule has 142 valence electrons. The number of carbonyl (C=O) groups is 1. The summed E-state index contributed by atoms with van der Waals surface area (Å²) in [6, 6.07) is 10.7. The van der Waals surface area contributed by atoms with Gasteiger partial charge in [0.05, 0.1) is 12.1 Å². The molecular formula is C18H25IN4O2S. The fourth-order valence-electron chi connectivity index (χ4n) is 2.19. The summed E-state index contributed by atoms with van der Waals surface area (Å²) < 4.78 is 0. The van der Waals surface area contributed by atoms with Gasteiger partial charge >= 0.3 is 0 Å². The van der Waals surface area contributed by atoms with Gasteiger partial charge in [0.2, 0.25) is 0 Å². The highest BCUT2D eigenvalue weighted by atomic mass is 127. The average molecular weight is 488 g/mol. The predicted molar refractivity (Wildman–Crippen MR) is 118 cm³/mol. The average Bonchev–Trinajstić information content (AvgIpc) is 3.02. The maximum absolute atomic E-state index is 12.0. The molecule has 1 heterocycles. The maximum atomic E-state index is 12.0. The van der Waals surface area contributed by atoms with Crippen LogP contribution in [-0.4, -0.2) is 36.6 Å². The van der Waals surface area contributed by atoms with Crippen LogP contribution in [0.15, 0.2) is 41.4 Å². The molecule has 6 nitrogen and oxygen atoms in total. The van der Waals surface area contributed by atoms with Crippen molar-refractivity contribution in [3.05, 3.63) is 51.7 Å². The van der Waals surface area contributed by atoms with Crippen molar-refractivity contribution in [2.75, 3.05) is 19.6 Å². The van der Waals surface area contributed by atoms with Crippen molar-refractivity contribution in [3.63, 3.8) is 0 Å². The highest BCUT2D eigenvalue weighted by Gasteiger charge is 2.09. The number of phenols is 1. The van der Waals surface area contributed by atoms with Gasteiger partial charge in [-0.25, -0.2) is 4.99 Å². The molecule has 0 saturated heterocycles. The molecule has 1 aromatic carbocycles. The molecule has 0 atom stereocenters. The molecule has 0 radical (unpaired) electrons. The Hall–Kier alpha value is -1.81. The Balaban J connectivity index is 0.00000338. The van der Waals surface area contributed by atoms with E-state index >= 15 is 0 Å². The number of amides is 1. The number of nitrogens with zero attached hydrogens (tertiary/aromatic N) is 1. The first-order valence-corrected chi connectivity index (χ1v) is 9.05. The summed E-state index contributed by atoms with van der Waals surface area (Å²) in [5.41, 5.74) is 0.274. The number of guanidine groups is 1. The number of aromatic hydroxyl groups is 1. The molecule has 2 rings (SSSR count). The van der Waals surface area contributed by atoms with Crippen LogP contribution in [0.1, 0.15) is 27.0 Å². The maximum Gasteiger partial charge on any atom is 0.255 e. The molecule has 2 aromatic rings. The van der Waals surface area contributed by atoms with Crippen LogP contribution in [-0.2, 0) is 6.54 Å². The number of halogens is 1. The van der Waals surface area contributed by atoms with Crippen molar-refractivity contribution in [2.24, 2.45) is 4.99 Å². The summed E-state index contributed by atoms with van der Waals surface area (Å²) in [6.07, 6.45) is 0. The summed E-state index contributed by atoms with van der Waals surface area (Å²) in [4.78, 5) is 19.0. The standard InChI is InChI=1S/C18H24N4O2S.HI/c1-3-19-18(22-12-14-9-8-13(2)25-14)21-11-10-20-17(24)15-6-4-5-7-16(15)23;/h4-9,23H,3,10-12H2,1-2H3,(H,20,24)(H2,19,21,22);1H. The summed E-state index contributed by atoms with van der Waals surface area (Å²) in [5, 5.41) is 18.8. The predicted octanol–water partition coefficient (Wildman–Crippen LogP) is 2.87. The second-order valence-electron chi connectivity index (χ2n) is 5.41. The third-order valence-corrected chi connectivity index (χ3v) is 4.37. The van der Waals surface area contributed by atoms with Crippen molar-refractivity contribution >= 4 is 47.2 Å². The summed E-state index contributed by atoms with van der Waals surface area (Å²) >= 11 is 1.74. The minimum Gasteiger partial charge on any atom is -0.507 e. The molecule has 1 amide bonds. The van der Waals surface area contributed by atoms with Crippen molar-refractivity contribution in [2.45, 2.75) is 20.4 Å². The number of rotatable bonds is 7. The van der Waals surface area contributed by atoms with Crippen molar-refractivity contribution in [3.8, 4) is 5.75 Å². The van der Waals surface area contributed by atoms with E-state index in [4.69, 9.17) is 0 Å². The van der Waals surface area contributed by atoms with E-state index in [2.05, 4.69) is 40.0 Å². The fourth-order valence-corrected chi connectivity index (χ4v) is 3.00. The number of hydrogen-bond donors (Lipinski definition) is 4. The van der Waals surface area contributed by atoms with Gasteiger partial charge < -0.3 is 21.1 Å². The Labute approximate surface area is 175 Å². The van der Waals surface area contributed by atoms with E-state index < -0.39 is 0 Å². The van der Waals surface area contributed by atoms with E-state index in [0.29, 0.717) is 25.6 Å². The highest BCUT2D eigenvalue weighted by molar-refractivity contribution is 14.0. The molecule has 0 aliphatic rings. The highest BCUT2D eigenvalue weighted by Crippen LogP contribution is 2.16. The lowest BCUT2D eigenvalue weighted by Gasteiger charge is -2.12. The zero-order valence-corrected chi connectivity index (χ0v) is 18.1. The Morgan fingerprint density at radius 3 is 2.50 bits per heavy atom. The largest absolute Gasteiger partial charge is 0.507 e. The molecule has 0 bridgehead atoms. The van der Waals surface area contributed by atoms with Crippen LogP contribution < -0.4 is 16.0 Å². The number of carbonyl (C=O) groups excluding carboxylic acids is 1. The van der Waals surface area contributed by atoms with Gasteiger partial charge in [-0.15, -0.1) is 35.3 Å². The first-order valence-electron chi connectivity index (χ1n) is 8.24. The fraction of sp³-hybridized carbons (Fsp3) is 0.333. The minimum absolute atomic E-state index is 0. The number of nitrogens with one attached hydrogen (secondary N) is 3. The van der Waals surface area contributed by atoms with Crippen LogP contribution in [0.4, 0.5) is 0 Å². The third kappa shape index (κ3) is 7.20. The monoisotopic (exact) mass is 488 g/mol. The van der Waals surface area contributed by atoms with Gasteiger partial charge in [-0.05, 0) is 38.1 Å². The molecule has 0 aliphatic carbocycles. The number of aliphatic imine (C=N–C) groups is 1. The normalized spacial score (nSPS) is 10.8. The van der Waals surface area contributed by atoms with Crippen LogP contribution in [0.3, 0.4) is 0 Å². The lowest BCUT2D eigenvalue weighted by atomic mass is 10.2. The molecular weight excluding hydrogens is 463 g/mol. The summed E-state index contributed by atoms with van der Waals surface area (Å²) in [6.45, 7) is 6.43. The first-order chi connectivity index (χ1) is 12.1. The van der Waals surface area contributed by atoms with Gasteiger partial charge in [0.25, 0.3) is 5.91 Å². The number of aryl methyl sites for hydroxylation is 1. The second kappa shape index (κ2) is 11.7. The molecule has 8 heteroatoms. The smallest absolute Gasteiger partial charge is 0.255 e. The van der Waals surface area contributed by atoms with Gasteiger partial charge in [-0.2, -0.15) is 0 Å². The zero-order valence-electron chi connectivity index (χ0n) is 14.9. The summed E-state index contributed by atoms with van der Waals surface area (Å²) in [5.74, 6) is 0.398. The van der Waals surface area contributed by atoms with Gasteiger partial charge in [0, 0.05) is 29.4 Å². The van der Waals surface area contributed by atoms with E-state index in [1.807, 2.05) is 6.92 Å². The topological polar surface area (TPSA) is 85.8 Å². The zero-order chi connectivity index (χ0) is 18.1. The van der Waals surface area contributed by atoms with Crippen molar-refractivity contribution in [1.29, 1.82) is 0 Å². The van der Waals surface area contributed by atoms with E-state index in [0.717, 1.165) is 6.54 Å². The molecule has 0 unspecified atom stereocenters. The van der Waals surface area contributed by atoms with E-state index in [-0.39, 0.29) is 41.2 Å². The van der Waals surface area contributed by atoms with Crippen LogP contribution >= 0.6 is 35.3 Å². The van der Waals surface area contributed by atoms with E-state index in [1.165, 1.54) is 15.8 Å². The summed E-state index contributed by atoms with van der Waals surface area (Å²) in [7, 11) is 0. The molecule has 0 aliphatic heterocycles. The second-order valence-corrected chi connectivity index (χ2v) is 6.78. The number of benzene rings is 1. The molecule has 0 spiro atoms. The van der Waals surface area contributed by atoms with Crippen molar-refractivity contribution in [1.82, 2.24) is 16.0 Å². The third-order valence-electron chi connectivity index (χ3n) is 3.38. The number of phenolic OH excluding ortho intramolecular Hbond substituents is 1. The molecule has 26 heavy (non-hydrogen) atoms. The first kappa shape index (κ1) is 22.2. The van der Waals surface area contributed by atoms with Crippen LogP contribution in [0, 0.1) is 6.92 Å². The molecule has 0 fully saturated rings. The SMILES string of the molecule is CCNC(=NCc1ccc(C)s1)NCCNC(=O)c1ccccc1O.I. The van der Waals surface area contributed by atoms with Crippen LogP contribution in [0.2, 0.25) is 0 Å². The molecule has 4 N–H and O–H groups in total. The number of hydrogen-bond acceptors (Lipinski definition) is 4. The lowest BCUT2D eigenvalue weighted by molar-refractivity contribution is 0.0951. The Morgan fingerprint density at radius 1 is 1.12 bits per heavy atom. The minimum atomic E-state index is -0.295. The van der Waals surface area contributed by atoms with Crippen LogP contribution in [0.5, 0.6) is 5.75 Å². The number of thiophene rings is 1. The Morgan fingerprint density at radius 2 is 1.85 bits per heavy atom. The van der Waals surface area contributed by atoms with E-state index in [9.17, 15) is 9.90 Å². The molecule has 1 aromatic heterocycles. The van der Waals surface area contributed by atoms with Gasteiger partial charge in [0.1, 0.15) is 5.75 Å². The molecule has 0 saturated carbocycles. The van der Waals surface area contributed by atoms with Crippen molar-refractivity contribution < 1.29 is 9.90 Å². The van der Waals surface area contributed by atoms with E-state index in [1.54, 1.807) is 29.5 Å². The Kier molecular flexibility index (Phi) is 10.0. The number of para-hydroxylation sites is 1. The lowest BCUT2D eigenvalue weighted by Crippen LogP contribution is -2.41.